The zero-order valence-corrected chi connectivity index (χ0v) is 27.2. The van der Waals surface area contributed by atoms with E-state index in [1.807, 2.05) is 4.98 Å². The molecule has 2 aliphatic heterocycles. The maximum absolute atomic E-state index is 13.0. The number of ether oxygens (including phenoxy) is 2. The van der Waals surface area contributed by atoms with Crippen molar-refractivity contribution in [3.8, 4) is 0 Å². The third kappa shape index (κ3) is 17.3. The number of aliphatic hydroxyl groups excluding tert-OH is 4. The van der Waals surface area contributed by atoms with Crippen LogP contribution in [0.1, 0.15) is 35.3 Å². The first kappa shape index (κ1) is 49.3. The molecule has 2 unspecified atom stereocenters. The van der Waals surface area contributed by atoms with Crippen molar-refractivity contribution >= 4 is 15.4 Å². The molecule has 2 aromatic rings. The summed E-state index contributed by atoms with van der Waals surface area (Å²) in [7, 11) is -8.93. The van der Waals surface area contributed by atoms with Gasteiger partial charge in [-0.25, -0.2) is 14.2 Å². The maximum Gasteiger partial charge on any atom is 1.00 e. The summed E-state index contributed by atoms with van der Waals surface area (Å²) in [5.74, 6) is -3.38. The van der Waals surface area contributed by atoms with Crippen molar-refractivity contribution in [1.82, 2.24) is 19.5 Å². The molecule has 0 radical (unpaired) electrons. The van der Waals surface area contributed by atoms with Crippen LogP contribution in [0.15, 0.2) is 31.6 Å². The van der Waals surface area contributed by atoms with Gasteiger partial charge in [-0.1, -0.05) is 14.9 Å². The molecule has 6 atom stereocenters. The van der Waals surface area contributed by atoms with Gasteiger partial charge in [-0.05, 0) is 0 Å². The maximum atomic E-state index is 13.0. The number of hydrogen-bond acceptors (Lipinski definition) is 12. The molecule has 4 heterocycles. The zero-order valence-electron chi connectivity index (χ0n) is 23.3. The Kier molecular flexibility index (Phi) is 23.3. The Morgan fingerprint density at radius 3 is 1.67 bits per heavy atom. The van der Waals surface area contributed by atoms with Gasteiger partial charge in [0.2, 0.25) is 11.6 Å². The number of aromatic nitrogens is 4. The summed E-state index contributed by atoms with van der Waals surface area (Å²) in [4.78, 5) is 86.9. The van der Waals surface area contributed by atoms with E-state index in [0.717, 1.165) is 10.8 Å². The second-order valence-electron chi connectivity index (χ2n) is 8.40. The Hall–Kier alpha value is -1.12. The normalized spacial score (nSPS) is 23.4. The molecule has 0 spiro atoms. The third-order valence-electron chi connectivity index (χ3n) is 5.15. The molecule has 2 saturated heterocycles. The first-order chi connectivity index (χ1) is 19.7. The van der Waals surface area contributed by atoms with E-state index in [2.05, 4.69) is 0 Å². The SMILES string of the molecule is C.C.O=P(O)(O)O.O=P(O)(O)[C@H]1CC(O)[C@@H](CO)O1.O=c1[nH]c(=O)n([C@H]2CC(O)[C@@H](CO)O2)cc1F.O=c1[nH]cc(F)c(=O)[nH]1.[H-].[K+]. The van der Waals surface area contributed by atoms with Gasteiger partial charge in [0.1, 0.15) is 18.4 Å². The number of nitrogens with zero attached hydrogens (tertiary/aromatic N) is 1. The molecule has 2 aromatic heterocycles. The van der Waals surface area contributed by atoms with E-state index < -0.39 is 99.3 Å². The Balaban J connectivity index is -0.000000274. The Morgan fingerprint density at radius 1 is 0.848 bits per heavy atom. The minimum Gasteiger partial charge on any atom is -1.00 e. The van der Waals surface area contributed by atoms with Crippen LogP contribution in [0.5, 0.6) is 0 Å². The van der Waals surface area contributed by atoms with Gasteiger partial charge in [0.25, 0.3) is 11.1 Å². The molecule has 26 heteroatoms. The van der Waals surface area contributed by atoms with Gasteiger partial charge in [-0.3, -0.25) is 28.7 Å². The fraction of sp³-hybridized carbons (Fsp3) is 0.600. The fourth-order valence-electron chi connectivity index (χ4n) is 3.21. The Labute approximate surface area is 301 Å². The van der Waals surface area contributed by atoms with Crippen molar-refractivity contribution in [3.05, 3.63) is 65.7 Å². The predicted molar refractivity (Wildman–Crippen MR) is 148 cm³/mol. The monoisotopic (exact) mass is 744 g/mol. The van der Waals surface area contributed by atoms with Gasteiger partial charge >= 0.3 is 78.2 Å². The molecule has 46 heavy (non-hydrogen) atoms. The van der Waals surface area contributed by atoms with E-state index in [1.165, 1.54) is 0 Å². The summed E-state index contributed by atoms with van der Waals surface area (Å²) in [6.45, 7) is -0.837. The van der Waals surface area contributed by atoms with Crippen LogP contribution in [0.25, 0.3) is 0 Å². The molecule has 0 amide bonds. The molecule has 264 valence electrons. The van der Waals surface area contributed by atoms with Gasteiger partial charge in [-0.15, -0.1) is 0 Å². The van der Waals surface area contributed by atoms with Crippen molar-refractivity contribution < 1.29 is 125 Å². The first-order valence-corrected chi connectivity index (χ1v) is 14.6. The summed E-state index contributed by atoms with van der Waals surface area (Å²) >= 11 is 0. The van der Waals surface area contributed by atoms with E-state index in [-0.39, 0.29) is 80.5 Å². The van der Waals surface area contributed by atoms with Crippen molar-refractivity contribution in [2.75, 3.05) is 13.2 Å². The van der Waals surface area contributed by atoms with Crippen LogP contribution in [0.2, 0.25) is 0 Å². The molecule has 0 saturated carbocycles. The van der Waals surface area contributed by atoms with Crippen LogP contribution < -0.4 is 73.9 Å². The Bertz CT molecular complexity index is 1530. The summed E-state index contributed by atoms with van der Waals surface area (Å²) in [5.41, 5.74) is -3.64. The van der Waals surface area contributed by atoms with Crippen LogP contribution in [0.4, 0.5) is 8.78 Å². The molecule has 0 aliphatic carbocycles. The summed E-state index contributed by atoms with van der Waals surface area (Å²) in [6.07, 6.45) is -3.18. The van der Waals surface area contributed by atoms with Gasteiger partial charge in [0.05, 0.1) is 31.6 Å². The minimum atomic E-state index is -4.64. The summed E-state index contributed by atoms with van der Waals surface area (Å²) < 4.78 is 55.2. The molecule has 2 aliphatic rings. The number of hydrogen-bond donors (Lipinski definition) is 12. The topological polar surface area (TPSA) is 355 Å². The molecule has 4 rings (SSSR count). The van der Waals surface area contributed by atoms with Crippen molar-refractivity contribution in [3.63, 3.8) is 0 Å². The van der Waals surface area contributed by atoms with Crippen LogP contribution >= 0.6 is 15.4 Å². The van der Waals surface area contributed by atoms with E-state index in [1.54, 1.807) is 9.97 Å². The third-order valence-corrected chi connectivity index (χ3v) is 6.23. The number of nitrogens with one attached hydrogen (secondary N) is 3. The Morgan fingerprint density at radius 2 is 1.30 bits per heavy atom. The molecular formula is C20H37F2KN4O17P2. The molecule has 21 nitrogen and oxygen atoms in total. The minimum absolute atomic E-state index is 0. The van der Waals surface area contributed by atoms with E-state index in [4.69, 9.17) is 53.8 Å². The average Bonchev–Trinajstić information content (AvgIpc) is 3.45. The number of rotatable bonds is 4. The molecule has 0 aromatic carbocycles. The number of aromatic amines is 3. The molecular weight excluding hydrogens is 707 g/mol. The van der Waals surface area contributed by atoms with E-state index in [0.29, 0.717) is 6.20 Å². The number of H-pyrrole nitrogens is 3. The molecule has 12 N–H and O–H groups in total. The number of phosphoric acid groups is 1. The van der Waals surface area contributed by atoms with E-state index >= 15 is 0 Å². The predicted octanol–water partition coefficient (Wildman–Crippen LogP) is -6.39. The van der Waals surface area contributed by atoms with Gasteiger partial charge < -0.3 is 60.8 Å². The van der Waals surface area contributed by atoms with Crippen LogP contribution in [-0.2, 0) is 18.6 Å². The average molecular weight is 745 g/mol. The van der Waals surface area contributed by atoms with Crippen LogP contribution in [0, 0.1) is 11.6 Å². The van der Waals surface area contributed by atoms with E-state index in [9.17, 15) is 37.6 Å². The smallest absolute Gasteiger partial charge is 1.00 e. The second-order valence-corrected chi connectivity index (χ2v) is 11.2. The van der Waals surface area contributed by atoms with Crippen molar-refractivity contribution in [1.29, 1.82) is 0 Å². The number of aliphatic hydroxyl groups is 4. The van der Waals surface area contributed by atoms with Crippen LogP contribution in [0.3, 0.4) is 0 Å². The van der Waals surface area contributed by atoms with Gasteiger partial charge in [0.15, 0.2) is 5.85 Å². The molecule has 0 bridgehead atoms. The molecule has 2 fully saturated rings. The number of halogens is 2. The summed E-state index contributed by atoms with van der Waals surface area (Å²) in [6, 6.07) is 0. The largest absolute Gasteiger partial charge is 1.00 e. The quantitative estimate of drug-likeness (QED) is 0.102. The second kappa shape index (κ2) is 21.8. The fourth-order valence-corrected chi connectivity index (χ4v) is 4.01. The van der Waals surface area contributed by atoms with Crippen LogP contribution in [-0.4, -0.2) is 108 Å². The zero-order chi connectivity index (χ0) is 33.3. The summed E-state index contributed by atoms with van der Waals surface area (Å²) in [5, 5.41) is 36.0. The van der Waals surface area contributed by atoms with Crippen molar-refractivity contribution in [2.24, 2.45) is 0 Å². The standard InChI is InChI=1S/C9H11FN2O5.C5H11O6P.C4H3FN2O2.2CH4.K.H3O4P.H/c10-4-2-12(9(16)11-8(4)15)7-1-5(14)6(3-13)17-7;6-2-4-3(7)1-5(11-4)12(8,9)10;5-2-1-6-4(9)7-3(2)8;;;;1-5(2,3)4;/h2,5-7,13-14H,1,3H2,(H,11,15,16);3-7H,1-2H2,(H2,8,9,10);1H,(H2,6,7,8,9);2*1H4;;(H3,1,2,3,4);/q;;;;;+1;;-1/t5?,6-,7-;3?,4-,5+;;;;;;/m11....../s1. The van der Waals surface area contributed by atoms with Crippen molar-refractivity contribution in [2.45, 2.75) is 64.2 Å². The van der Waals surface area contributed by atoms with Gasteiger partial charge in [-0.2, -0.15) is 8.78 Å². The van der Waals surface area contributed by atoms with Gasteiger partial charge in [0, 0.05) is 19.0 Å². The first-order valence-electron chi connectivity index (χ1n) is 11.4.